The minimum atomic E-state index is -0.505. The Morgan fingerprint density at radius 3 is 2.68 bits per heavy atom. The van der Waals surface area contributed by atoms with Gasteiger partial charge >= 0.3 is 0 Å². The van der Waals surface area contributed by atoms with Crippen molar-refractivity contribution in [2.75, 3.05) is 4.90 Å². The molecule has 8 heteroatoms. The van der Waals surface area contributed by atoms with Gasteiger partial charge < -0.3 is 0 Å². The molecule has 0 atom stereocenters. The summed E-state index contributed by atoms with van der Waals surface area (Å²) < 4.78 is 0.990. The predicted molar refractivity (Wildman–Crippen MR) is 122 cm³/mol. The number of para-hydroxylation sites is 1. The van der Waals surface area contributed by atoms with E-state index in [0.29, 0.717) is 5.13 Å². The van der Waals surface area contributed by atoms with Crippen LogP contribution in [0.25, 0.3) is 10.2 Å². The van der Waals surface area contributed by atoms with E-state index in [9.17, 15) is 14.9 Å². The number of rotatable bonds is 6. The molecule has 2 heterocycles. The smallest absolute Gasteiger partial charge is 0.270 e. The maximum absolute atomic E-state index is 13.5. The van der Waals surface area contributed by atoms with Gasteiger partial charge in [0.05, 0.1) is 21.7 Å². The van der Waals surface area contributed by atoms with Crippen molar-refractivity contribution in [3.05, 3.63) is 93.8 Å². The molecule has 4 aromatic rings. The van der Waals surface area contributed by atoms with Gasteiger partial charge in [0.15, 0.2) is 5.13 Å². The number of anilines is 1. The van der Waals surface area contributed by atoms with Gasteiger partial charge in [0.1, 0.15) is 0 Å². The van der Waals surface area contributed by atoms with E-state index in [1.807, 2.05) is 24.3 Å². The highest BCUT2D eigenvalue weighted by Gasteiger charge is 2.24. The van der Waals surface area contributed by atoms with E-state index >= 15 is 0 Å². The van der Waals surface area contributed by atoms with Gasteiger partial charge in [0, 0.05) is 30.1 Å². The second-order valence-corrected chi connectivity index (χ2v) is 8.41. The van der Waals surface area contributed by atoms with Crippen molar-refractivity contribution in [2.45, 2.75) is 26.3 Å². The summed E-state index contributed by atoms with van der Waals surface area (Å²) in [5.41, 5.74) is 2.94. The highest BCUT2D eigenvalue weighted by molar-refractivity contribution is 7.22. The lowest BCUT2D eigenvalue weighted by atomic mass is 10.0. The molecule has 2 aromatic heterocycles. The lowest BCUT2D eigenvalue weighted by Crippen LogP contribution is -2.30. The standard InChI is InChI=1S/C23H20N4O3S/c1-15(2)19-9-4-10-20-21(19)25-23(31-20)26(14-16-6-5-11-24-13-16)22(28)17-7-3-8-18(12-17)27(29)30/h3-13,15H,14H2,1-2H3. The monoisotopic (exact) mass is 432 g/mol. The number of benzene rings is 2. The molecule has 156 valence electrons. The lowest BCUT2D eigenvalue weighted by Gasteiger charge is -2.20. The lowest BCUT2D eigenvalue weighted by molar-refractivity contribution is -0.384. The maximum atomic E-state index is 13.5. The second kappa shape index (κ2) is 8.61. The van der Waals surface area contributed by atoms with E-state index in [4.69, 9.17) is 4.98 Å². The van der Waals surface area contributed by atoms with Crippen LogP contribution in [0.15, 0.2) is 67.0 Å². The van der Waals surface area contributed by atoms with Gasteiger partial charge in [-0.25, -0.2) is 4.98 Å². The van der Waals surface area contributed by atoms with E-state index in [1.54, 1.807) is 29.4 Å². The number of carbonyl (C=O) groups is 1. The fraction of sp³-hybridized carbons (Fsp3) is 0.174. The van der Waals surface area contributed by atoms with Crippen LogP contribution >= 0.6 is 11.3 Å². The molecule has 0 aliphatic heterocycles. The van der Waals surface area contributed by atoms with Gasteiger partial charge in [-0.15, -0.1) is 0 Å². The first-order chi connectivity index (χ1) is 14.9. The summed E-state index contributed by atoms with van der Waals surface area (Å²) in [5, 5.41) is 11.7. The van der Waals surface area contributed by atoms with Crippen LogP contribution in [0.5, 0.6) is 0 Å². The van der Waals surface area contributed by atoms with E-state index in [0.717, 1.165) is 21.3 Å². The topological polar surface area (TPSA) is 89.2 Å². The summed E-state index contributed by atoms with van der Waals surface area (Å²) in [6, 6.07) is 15.5. The number of hydrogen-bond acceptors (Lipinski definition) is 6. The molecule has 0 fully saturated rings. The van der Waals surface area contributed by atoms with Crippen LogP contribution in [0.4, 0.5) is 10.8 Å². The van der Waals surface area contributed by atoms with Gasteiger partial charge in [-0.1, -0.05) is 49.4 Å². The predicted octanol–water partition coefficient (Wildman–Crippen LogP) is 5.57. The number of non-ortho nitro benzene ring substituents is 1. The Morgan fingerprint density at radius 1 is 1.16 bits per heavy atom. The molecule has 1 amide bonds. The number of nitrogens with zero attached hydrogens (tertiary/aromatic N) is 4. The third kappa shape index (κ3) is 4.29. The molecule has 0 aliphatic rings. The van der Waals surface area contributed by atoms with Crippen molar-refractivity contribution >= 4 is 38.3 Å². The molecule has 31 heavy (non-hydrogen) atoms. The number of thiazole rings is 1. The third-order valence-corrected chi connectivity index (χ3v) is 5.95. The number of aromatic nitrogens is 2. The summed E-state index contributed by atoms with van der Waals surface area (Å²) in [6.07, 6.45) is 3.36. The number of nitro benzene ring substituents is 1. The largest absolute Gasteiger partial charge is 0.279 e. The van der Waals surface area contributed by atoms with Crippen LogP contribution < -0.4 is 4.90 Å². The number of carbonyl (C=O) groups excluding carboxylic acids is 1. The molecule has 0 bridgehead atoms. The zero-order valence-corrected chi connectivity index (χ0v) is 17.9. The van der Waals surface area contributed by atoms with Crippen molar-refractivity contribution in [1.82, 2.24) is 9.97 Å². The van der Waals surface area contributed by atoms with Crippen molar-refractivity contribution in [1.29, 1.82) is 0 Å². The van der Waals surface area contributed by atoms with Crippen LogP contribution in [0.2, 0.25) is 0 Å². The summed E-state index contributed by atoms with van der Waals surface area (Å²) in [6.45, 7) is 4.47. The first-order valence-electron chi connectivity index (χ1n) is 9.78. The van der Waals surface area contributed by atoms with Crippen LogP contribution in [-0.4, -0.2) is 20.8 Å². The molecule has 7 nitrogen and oxygen atoms in total. The van der Waals surface area contributed by atoms with Crippen molar-refractivity contribution in [3.63, 3.8) is 0 Å². The first-order valence-corrected chi connectivity index (χ1v) is 10.6. The van der Waals surface area contributed by atoms with Crippen LogP contribution in [0.1, 0.15) is 41.3 Å². The number of amides is 1. The Hall–Kier alpha value is -3.65. The molecule has 0 saturated heterocycles. The quantitative estimate of drug-likeness (QED) is 0.293. The summed E-state index contributed by atoms with van der Waals surface area (Å²) >= 11 is 1.43. The number of pyridine rings is 1. The molecular formula is C23H20N4O3S. The molecule has 2 aromatic carbocycles. The van der Waals surface area contributed by atoms with E-state index < -0.39 is 4.92 Å². The van der Waals surface area contributed by atoms with Crippen molar-refractivity contribution < 1.29 is 9.72 Å². The summed E-state index contributed by atoms with van der Waals surface area (Å²) in [7, 11) is 0. The minimum Gasteiger partial charge on any atom is -0.279 e. The number of nitro groups is 1. The Bertz CT molecular complexity index is 1250. The molecular weight excluding hydrogens is 412 g/mol. The zero-order valence-electron chi connectivity index (χ0n) is 17.1. The van der Waals surface area contributed by atoms with Gasteiger partial charge in [-0.3, -0.25) is 24.8 Å². The number of hydrogen-bond donors (Lipinski definition) is 0. The molecule has 0 spiro atoms. The Kier molecular flexibility index (Phi) is 5.73. The van der Waals surface area contributed by atoms with Gasteiger partial charge in [0.25, 0.3) is 11.6 Å². The van der Waals surface area contributed by atoms with E-state index in [2.05, 4.69) is 18.8 Å². The highest BCUT2D eigenvalue weighted by Crippen LogP contribution is 2.35. The molecule has 0 saturated carbocycles. The molecule has 4 rings (SSSR count). The van der Waals surface area contributed by atoms with E-state index in [1.165, 1.54) is 29.5 Å². The summed E-state index contributed by atoms with van der Waals surface area (Å²) in [4.78, 5) is 34.7. The van der Waals surface area contributed by atoms with Gasteiger partial charge in [-0.2, -0.15) is 0 Å². The fourth-order valence-electron chi connectivity index (χ4n) is 3.35. The Labute approximate surface area is 183 Å². The average molecular weight is 433 g/mol. The molecule has 0 aliphatic carbocycles. The minimum absolute atomic E-state index is 0.126. The SMILES string of the molecule is CC(C)c1cccc2sc(N(Cc3cccnc3)C(=O)c3cccc([N+](=O)[O-])c3)nc12. The van der Waals surface area contributed by atoms with Crippen molar-refractivity contribution in [3.8, 4) is 0 Å². The zero-order chi connectivity index (χ0) is 22.0. The molecule has 0 radical (unpaired) electrons. The van der Waals surface area contributed by atoms with Gasteiger partial charge in [-0.05, 0) is 35.2 Å². The van der Waals surface area contributed by atoms with E-state index in [-0.39, 0.29) is 29.6 Å². The molecule has 0 N–H and O–H groups in total. The normalized spacial score (nSPS) is 11.1. The van der Waals surface area contributed by atoms with Gasteiger partial charge in [0.2, 0.25) is 0 Å². The van der Waals surface area contributed by atoms with Crippen LogP contribution in [-0.2, 0) is 6.54 Å². The fourth-order valence-corrected chi connectivity index (χ4v) is 4.35. The third-order valence-electron chi connectivity index (χ3n) is 4.90. The first kappa shape index (κ1) is 20.6. The Morgan fingerprint density at radius 2 is 1.97 bits per heavy atom. The number of fused-ring (bicyclic) bond motifs is 1. The second-order valence-electron chi connectivity index (χ2n) is 7.41. The van der Waals surface area contributed by atoms with Crippen LogP contribution in [0.3, 0.4) is 0 Å². The summed E-state index contributed by atoms with van der Waals surface area (Å²) in [5.74, 6) is -0.0596. The molecule has 0 unspecified atom stereocenters. The van der Waals surface area contributed by atoms with Crippen molar-refractivity contribution in [2.24, 2.45) is 0 Å². The van der Waals surface area contributed by atoms with Crippen LogP contribution in [0, 0.1) is 10.1 Å². The maximum Gasteiger partial charge on any atom is 0.270 e. The average Bonchev–Trinajstić information content (AvgIpc) is 3.21. The highest BCUT2D eigenvalue weighted by atomic mass is 32.1. The Balaban J connectivity index is 1.81.